The molecule has 2 aromatic heterocycles. The average Bonchev–Trinajstić information content (AvgIpc) is 3.25. The number of hydrogen-bond donors (Lipinski definition) is 1. The number of anilines is 1. The van der Waals surface area contributed by atoms with E-state index in [2.05, 4.69) is 20.3 Å². The van der Waals surface area contributed by atoms with Gasteiger partial charge in [-0.15, -0.1) is 0 Å². The second-order valence-electron chi connectivity index (χ2n) is 6.37. The number of nitrogens with zero attached hydrogens (tertiary/aromatic N) is 5. The van der Waals surface area contributed by atoms with Crippen LogP contribution in [-0.2, 0) is 27.3 Å². The van der Waals surface area contributed by atoms with Crippen LogP contribution in [0.1, 0.15) is 33.9 Å². The number of amides is 4. The average molecular weight is 400 g/mol. The Morgan fingerprint density at radius 3 is 2.64 bits per heavy atom. The van der Waals surface area contributed by atoms with E-state index >= 15 is 0 Å². The number of carbonyl (C=O) groups is 4. The van der Waals surface area contributed by atoms with Gasteiger partial charge < -0.3 is 4.90 Å². The molecule has 28 heavy (non-hydrogen) atoms. The third-order valence-electron chi connectivity index (χ3n) is 4.55. The molecular weight excluding hydrogens is 384 g/mol. The van der Waals surface area contributed by atoms with Gasteiger partial charge in [0.15, 0.2) is 5.13 Å². The normalized spacial score (nSPS) is 16.3. The third kappa shape index (κ3) is 3.60. The molecule has 144 valence electrons. The Kier molecular flexibility index (Phi) is 4.82. The minimum atomic E-state index is -0.404. The quantitative estimate of drug-likeness (QED) is 0.728. The lowest BCUT2D eigenvalue weighted by molar-refractivity contribution is -0.145. The molecule has 0 aromatic carbocycles. The van der Waals surface area contributed by atoms with E-state index in [-0.39, 0.29) is 42.8 Å². The maximum atomic E-state index is 12.5. The van der Waals surface area contributed by atoms with E-state index in [4.69, 9.17) is 0 Å². The highest BCUT2D eigenvalue weighted by molar-refractivity contribution is 7.15. The van der Waals surface area contributed by atoms with E-state index in [0.29, 0.717) is 24.6 Å². The Labute approximate surface area is 163 Å². The number of fused-ring (bicyclic) bond motifs is 1. The molecule has 11 heteroatoms. The molecule has 2 aliphatic rings. The van der Waals surface area contributed by atoms with Crippen molar-refractivity contribution in [2.24, 2.45) is 0 Å². The van der Waals surface area contributed by atoms with Gasteiger partial charge in [-0.1, -0.05) is 11.3 Å². The summed E-state index contributed by atoms with van der Waals surface area (Å²) >= 11 is 1.29. The van der Waals surface area contributed by atoms with Gasteiger partial charge in [0.25, 0.3) is 5.91 Å². The van der Waals surface area contributed by atoms with Crippen LogP contribution in [0, 0.1) is 0 Å². The highest BCUT2D eigenvalue weighted by Gasteiger charge is 2.33. The molecule has 0 saturated carbocycles. The molecule has 10 nitrogen and oxygen atoms in total. The first-order chi connectivity index (χ1) is 13.5. The molecule has 0 unspecified atom stereocenters. The van der Waals surface area contributed by atoms with E-state index in [1.807, 2.05) is 0 Å². The molecule has 0 atom stereocenters. The summed E-state index contributed by atoms with van der Waals surface area (Å²) in [6, 6.07) is 0. The summed E-state index contributed by atoms with van der Waals surface area (Å²) in [4.78, 5) is 63.8. The summed E-state index contributed by atoms with van der Waals surface area (Å²) in [5.74, 6) is -1.28. The summed E-state index contributed by atoms with van der Waals surface area (Å²) in [7, 11) is 0. The molecule has 1 fully saturated rings. The first-order valence-corrected chi connectivity index (χ1v) is 9.50. The fourth-order valence-electron chi connectivity index (χ4n) is 3.07. The molecule has 0 bridgehead atoms. The molecule has 0 spiro atoms. The van der Waals surface area contributed by atoms with Crippen molar-refractivity contribution in [2.45, 2.75) is 25.8 Å². The summed E-state index contributed by atoms with van der Waals surface area (Å²) in [5.41, 5.74) is 1.02. The molecule has 1 N–H and O–H groups in total. The van der Waals surface area contributed by atoms with Crippen molar-refractivity contribution in [1.29, 1.82) is 0 Å². The lowest BCUT2D eigenvalue weighted by Crippen LogP contribution is -2.44. The van der Waals surface area contributed by atoms with Crippen molar-refractivity contribution in [3.05, 3.63) is 34.9 Å². The predicted octanol–water partition coefficient (Wildman–Crippen LogP) is 0.219. The van der Waals surface area contributed by atoms with E-state index in [1.54, 1.807) is 4.90 Å². The van der Waals surface area contributed by atoms with Gasteiger partial charge in [0.2, 0.25) is 17.7 Å². The van der Waals surface area contributed by atoms with Crippen LogP contribution in [0.3, 0.4) is 0 Å². The van der Waals surface area contributed by atoms with Crippen molar-refractivity contribution >= 4 is 40.1 Å². The molecule has 2 aliphatic heterocycles. The highest BCUT2D eigenvalue weighted by atomic mass is 32.1. The molecule has 1 saturated heterocycles. The van der Waals surface area contributed by atoms with Crippen molar-refractivity contribution in [2.75, 3.05) is 18.4 Å². The zero-order valence-corrected chi connectivity index (χ0v) is 15.6. The summed E-state index contributed by atoms with van der Waals surface area (Å²) in [5, 5.41) is 3.13. The smallest absolute Gasteiger partial charge is 0.277 e. The van der Waals surface area contributed by atoms with Gasteiger partial charge >= 0.3 is 0 Å². The van der Waals surface area contributed by atoms with Gasteiger partial charge in [0.1, 0.15) is 12.2 Å². The molecule has 0 aliphatic carbocycles. The van der Waals surface area contributed by atoms with E-state index in [9.17, 15) is 19.2 Å². The van der Waals surface area contributed by atoms with Crippen LogP contribution in [0.5, 0.6) is 0 Å². The van der Waals surface area contributed by atoms with Gasteiger partial charge in [-0.3, -0.25) is 34.4 Å². The fraction of sp³-hybridized carbons (Fsp3) is 0.353. The number of rotatable bonds is 4. The first-order valence-electron chi connectivity index (χ1n) is 8.68. The van der Waals surface area contributed by atoms with E-state index in [1.165, 1.54) is 29.9 Å². The Bertz CT molecular complexity index is 944. The van der Waals surface area contributed by atoms with Gasteiger partial charge in [-0.05, 0) is 0 Å². The summed E-state index contributed by atoms with van der Waals surface area (Å²) in [6.07, 6.45) is 5.15. The summed E-state index contributed by atoms with van der Waals surface area (Å²) < 4.78 is 0. The lowest BCUT2D eigenvalue weighted by Gasteiger charge is -2.27. The Morgan fingerprint density at radius 2 is 1.93 bits per heavy atom. The maximum Gasteiger partial charge on any atom is 0.277 e. The molecular formula is C17H16N6O4S. The zero-order chi connectivity index (χ0) is 19.7. The summed E-state index contributed by atoms with van der Waals surface area (Å²) in [6.45, 7) is 0.564. The number of carbonyl (C=O) groups excluding carboxylic acids is 4. The van der Waals surface area contributed by atoms with E-state index in [0.717, 1.165) is 15.5 Å². The molecule has 2 aromatic rings. The number of aromatic nitrogens is 3. The molecule has 4 amide bonds. The van der Waals surface area contributed by atoms with Gasteiger partial charge in [0.05, 0.1) is 18.4 Å². The predicted molar refractivity (Wildman–Crippen MR) is 97.2 cm³/mol. The Morgan fingerprint density at radius 1 is 1.14 bits per heavy atom. The minimum absolute atomic E-state index is 0.167. The van der Waals surface area contributed by atoms with Crippen LogP contribution in [0.15, 0.2) is 18.6 Å². The van der Waals surface area contributed by atoms with Crippen LogP contribution >= 0.6 is 11.3 Å². The van der Waals surface area contributed by atoms with E-state index < -0.39 is 5.91 Å². The largest absolute Gasteiger partial charge is 0.336 e. The third-order valence-corrected chi connectivity index (χ3v) is 5.55. The van der Waals surface area contributed by atoms with Gasteiger partial charge in [-0.25, -0.2) is 9.97 Å². The van der Waals surface area contributed by atoms with Gasteiger partial charge in [0, 0.05) is 43.1 Å². The number of nitrogens with one attached hydrogen (secondary N) is 1. The monoisotopic (exact) mass is 400 g/mol. The Balaban J connectivity index is 1.40. The van der Waals surface area contributed by atoms with Crippen molar-refractivity contribution in [3.8, 4) is 0 Å². The van der Waals surface area contributed by atoms with Crippen molar-refractivity contribution in [1.82, 2.24) is 24.8 Å². The van der Waals surface area contributed by atoms with Gasteiger partial charge in [-0.2, -0.15) is 0 Å². The maximum absolute atomic E-state index is 12.5. The molecule has 4 heterocycles. The van der Waals surface area contributed by atoms with Crippen molar-refractivity contribution in [3.63, 3.8) is 0 Å². The van der Waals surface area contributed by atoms with Crippen LogP contribution in [0.2, 0.25) is 0 Å². The second-order valence-corrected chi connectivity index (χ2v) is 7.46. The first kappa shape index (κ1) is 18.2. The second kappa shape index (κ2) is 7.43. The number of imide groups is 1. The standard InChI is InChI=1S/C17H16N6O4S/c24-13-1-2-14(25)23(13)9-15(26)22-6-3-10-12(8-22)28-17(20-10)21-16(27)11-7-18-4-5-19-11/h4-5,7H,1-3,6,8-9H2,(H,20,21,27). The fourth-order valence-corrected chi connectivity index (χ4v) is 4.09. The lowest BCUT2D eigenvalue weighted by atomic mass is 10.2. The SMILES string of the molecule is O=C(Nc1nc2c(s1)CN(C(=O)CN1C(=O)CCC1=O)CC2)c1cnccn1. The highest BCUT2D eigenvalue weighted by Crippen LogP contribution is 2.28. The van der Waals surface area contributed by atoms with Crippen LogP contribution in [0.4, 0.5) is 5.13 Å². The van der Waals surface area contributed by atoms with Crippen LogP contribution in [0.25, 0.3) is 0 Å². The van der Waals surface area contributed by atoms with Crippen molar-refractivity contribution < 1.29 is 19.2 Å². The topological polar surface area (TPSA) is 125 Å². The van der Waals surface area contributed by atoms with Crippen LogP contribution < -0.4 is 5.32 Å². The number of thiazole rings is 1. The Hall–Kier alpha value is -3.21. The molecule has 4 rings (SSSR count). The zero-order valence-electron chi connectivity index (χ0n) is 14.8. The number of hydrogen-bond acceptors (Lipinski definition) is 8. The number of likely N-dealkylation sites (tertiary alicyclic amines) is 1. The molecule has 0 radical (unpaired) electrons. The minimum Gasteiger partial charge on any atom is -0.336 e. The van der Waals surface area contributed by atoms with Crippen LogP contribution in [-0.4, -0.2) is 61.5 Å².